The minimum Gasteiger partial charge on any atom is -0.349 e. The molecule has 110 valence electrons. The molecule has 2 rings (SSSR count). The molecule has 7 heteroatoms. The summed E-state index contributed by atoms with van der Waals surface area (Å²) in [5.74, 6) is 0.0767. The van der Waals surface area contributed by atoms with Crippen LogP contribution in [0.2, 0.25) is 0 Å². The van der Waals surface area contributed by atoms with Crippen molar-refractivity contribution in [3.8, 4) is 0 Å². The third kappa shape index (κ3) is 5.01. The van der Waals surface area contributed by atoms with Gasteiger partial charge >= 0.3 is 0 Å². The van der Waals surface area contributed by atoms with Crippen LogP contribution in [0, 0.1) is 0 Å². The summed E-state index contributed by atoms with van der Waals surface area (Å²) in [5, 5.41) is 7.17. The van der Waals surface area contributed by atoms with Crippen LogP contribution in [0.5, 0.6) is 0 Å². The molecule has 3 N–H and O–H groups in total. The van der Waals surface area contributed by atoms with E-state index in [2.05, 4.69) is 10.4 Å². The van der Waals surface area contributed by atoms with Gasteiger partial charge in [0, 0.05) is 31.9 Å². The molecule has 0 atom stereocenters. The van der Waals surface area contributed by atoms with Gasteiger partial charge in [-0.25, -0.2) is 0 Å². The molecular weight excluding hydrogens is 287 g/mol. The maximum absolute atomic E-state index is 11.9. The summed E-state index contributed by atoms with van der Waals surface area (Å²) in [4.78, 5) is 11.9. The molecule has 1 fully saturated rings. The summed E-state index contributed by atoms with van der Waals surface area (Å²) in [6.07, 6.45) is 8.39. The van der Waals surface area contributed by atoms with Gasteiger partial charge in [0.2, 0.25) is 5.91 Å². The number of rotatable bonds is 5. The minimum absolute atomic E-state index is 0. The lowest BCUT2D eigenvalue weighted by atomic mass is 9.97. The van der Waals surface area contributed by atoms with Crippen LogP contribution >= 0.6 is 24.8 Å². The summed E-state index contributed by atoms with van der Waals surface area (Å²) in [7, 11) is 0. The lowest BCUT2D eigenvalue weighted by Crippen LogP contribution is -2.51. The van der Waals surface area contributed by atoms with Crippen molar-refractivity contribution in [2.24, 2.45) is 5.73 Å². The van der Waals surface area contributed by atoms with E-state index in [4.69, 9.17) is 5.73 Å². The molecule has 5 nitrogen and oxygen atoms in total. The molecule has 1 aliphatic rings. The highest BCUT2D eigenvalue weighted by molar-refractivity contribution is 5.85. The number of nitrogens with one attached hydrogen (secondary N) is 1. The summed E-state index contributed by atoms with van der Waals surface area (Å²) in [6, 6.07) is 1.86. The van der Waals surface area contributed by atoms with Gasteiger partial charge in [0.25, 0.3) is 0 Å². The van der Waals surface area contributed by atoms with Crippen LogP contribution in [0.4, 0.5) is 0 Å². The van der Waals surface area contributed by atoms with Crippen LogP contribution < -0.4 is 11.1 Å². The largest absolute Gasteiger partial charge is 0.349 e. The number of halogens is 2. The Balaban J connectivity index is 0.00000162. The summed E-state index contributed by atoms with van der Waals surface area (Å²) >= 11 is 0. The Morgan fingerprint density at radius 3 is 2.58 bits per heavy atom. The first-order valence-corrected chi connectivity index (χ1v) is 6.23. The third-order valence-electron chi connectivity index (χ3n) is 3.48. The van der Waals surface area contributed by atoms with E-state index in [1.807, 2.05) is 12.3 Å². The Hall–Kier alpha value is -0.780. The topological polar surface area (TPSA) is 72.9 Å². The molecule has 1 saturated carbocycles. The molecule has 1 aromatic heterocycles. The maximum Gasteiger partial charge on any atom is 0.222 e. The number of nitrogens with zero attached hydrogens (tertiary/aromatic N) is 2. The molecule has 0 unspecified atom stereocenters. The van der Waals surface area contributed by atoms with Crippen molar-refractivity contribution < 1.29 is 4.79 Å². The Labute approximate surface area is 126 Å². The van der Waals surface area contributed by atoms with Crippen molar-refractivity contribution in [1.29, 1.82) is 0 Å². The summed E-state index contributed by atoms with van der Waals surface area (Å²) < 4.78 is 1.77. The smallest absolute Gasteiger partial charge is 0.222 e. The van der Waals surface area contributed by atoms with Crippen LogP contribution in [-0.2, 0) is 11.3 Å². The number of hydrogen-bond donors (Lipinski definition) is 2. The van der Waals surface area contributed by atoms with Gasteiger partial charge < -0.3 is 11.1 Å². The molecule has 1 aliphatic carbocycles. The molecule has 1 aromatic rings. The van der Waals surface area contributed by atoms with Crippen molar-refractivity contribution in [3.05, 3.63) is 18.5 Å². The third-order valence-corrected chi connectivity index (χ3v) is 3.48. The Morgan fingerprint density at radius 2 is 2.05 bits per heavy atom. The van der Waals surface area contributed by atoms with Gasteiger partial charge in [0.1, 0.15) is 0 Å². The predicted molar refractivity (Wildman–Crippen MR) is 79.7 cm³/mol. The standard InChI is InChI=1S/C12H20N4O.2ClH/c13-10-12(5-1-2-6-12)15-11(17)4-9-16-8-3-7-14-16;;/h3,7-8H,1-2,4-6,9-10,13H2,(H,15,17);2*1H. The van der Waals surface area contributed by atoms with Gasteiger partial charge in [-0.3, -0.25) is 9.48 Å². The Morgan fingerprint density at radius 1 is 1.37 bits per heavy atom. The zero-order chi connectivity index (χ0) is 12.1. The molecule has 1 heterocycles. The Kier molecular flexibility index (Phi) is 8.06. The second-order valence-electron chi connectivity index (χ2n) is 4.76. The predicted octanol–water partition coefficient (Wildman–Crippen LogP) is 1.50. The van der Waals surface area contributed by atoms with Gasteiger partial charge in [-0.2, -0.15) is 5.10 Å². The first-order valence-electron chi connectivity index (χ1n) is 6.23. The number of amides is 1. The molecular formula is C12H22Cl2N4O. The molecule has 19 heavy (non-hydrogen) atoms. The summed E-state index contributed by atoms with van der Waals surface area (Å²) in [5.41, 5.74) is 5.64. The van der Waals surface area contributed by atoms with Crippen LogP contribution in [-0.4, -0.2) is 27.8 Å². The van der Waals surface area contributed by atoms with E-state index in [-0.39, 0.29) is 36.3 Å². The van der Waals surface area contributed by atoms with Gasteiger partial charge in [0.15, 0.2) is 0 Å². The Bertz CT molecular complexity index is 364. The second-order valence-corrected chi connectivity index (χ2v) is 4.76. The fourth-order valence-corrected chi connectivity index (χ4v) is 2.44. The highest BCUT2D eigenvalue weighted by Gasteiger charge is 2.33. The molecule has 0 aliphatic heterocycles. The number of carbonyl (C=O) groups excluding carboxylic acids is 1. The molecule has 0 bridgehead atoms. The quantitative estimate of drug-likeness (QED) is 0.866. The van der Waals surface area contributed by atoms with Crippen molar-refractivity contribution >= 4 is 30.7 Å². The maximum atomic E-state index is 11.9. The average molecular weight is 309 g/mol. The average Bonchev–Trinajstić information content (AvgIpc) is 2.98. The van der Waals surface area contributed by atoms with Gasteiger partial charge in [-0.15, -0.1) is 24.8 Å². The van der Waals surface area contributed by atoms with Gasteiger partial charge in [0.05, 0.1) is 5.54 Å². The van der Waals surface area contributed by atoms with E-state index < -0.39 is 0 Å². The first kappa shape index (κ1) is 18.2. The van der Waals surface area contributed by atoms with Crippen molar-refractivity contribution in [3.63, 3.8) is 0 Å². The fraction of sp³-hybridized carbons (Fsp3) is 0.667. The van der Waals surface area contributed by atoms with E-state index in [0.717, 1.165) is 25.7 Å². The number of carbonyl (C=O) groups is 1. The van der Waals surface area contributed by atoms with Crippen LogP contribution in [0.1, 0.15) is 32.1 Å². The van der Waals surface area contributed by atoms with E-state index >= 15 is 0 Å². The van der Waals surface area contributed by atoms with Crippen molar-refractivity contribution in [1.82, 2.24) is 15.1 Å². The number of aryl methyl sites for hydroxylation is 1. The lowest BCUT2D eigenvalue weighted by Gasteiger charge is -2.28. The SMILES string of the molecule is Cl.Cl.NCC1(NC(=O)CCn2cccn2)CCCC1. The fourth-order valence-electron chi connectivity index (χ4n) is 2.44. The van der Waals surface area contributed by atoms with Crippen molar-refractivity contribution in [2.75, 3.05) is 6.54 Å². The number of hydrogen-bond acceptors (Lipinski definition) is 3. The normalized spacial score (nSPS) is 16.3. The van der Waals surface area contributed by atoms with E-state index in [1.165, 1.54) is 0 Å². The minimum atomic E-state index is -0.138. The molecule has 1 amide bonds. The molecule has 0 saturated heterocycles. The van der Waals surface area contributed by atoms with Crippen LogP contribution in [0.3, 0.4) is 0 Å². The van der Waals surface area contributed by atoms with Crippen LogP contribution in [0.25, 0.3) is 0 Å². The highest BCUT2D eigenvalue weighted by atomic mass is 35.5. The number of aromatic nitrogens is 2. The van der Waals surface area contributed by atoms with Gasteiger partial charge in [-0.05, 0) is 18.9 Å². The lowest BCUT2D eigenvalue weighted by molar-refractivity contribution is -0.123. The first-order chi connectivity index (χ1) is 8.24. The van der Waals surface area contributed by atoms with Gasteiger partial charge in [-0.1, -0.05) is 12.8 Å². The highest BCUT2D eigenvalue weighted by Crippen LogP contribution is 2.28. The summed E-state index contributed by atoms with van der Waals surface area (Å²) in [6.45, 7) is 1.17. The van der Waals surface area contributed by atoms with E-state index in [1.54, 1.807) is 10.9 Å². The zero-order valence-corrected chi connectivity index (χ0v) is 12.5. The zero-order valence-electron chi connectivity index (χ0n) is 10.9. The van der Waals surface area contributed by atoms with E-state index in [0.29, 0.717) is 19.5 Å². The van der Waals surface area contributed by atoms with Crippen molar-refractivity contribution in [2.45, 2.75) is 44.2 Å². The molecule has 0 spiro atoms. The van der Waals surface area contributed by atoms with E-state index in [9.17, 15) is 4.79 Å². The molecule has 0 aromatic carbocycles. The number of nitrogens with two attached hydrogens (primary N) is 1. The van der Waals surface area contributed by atoms with Crippen LogP contribution in [0.15, 0.2) is 18.5 Å². The molecule has 0 radical (unpaired) electrons. The second kappa shape index (κ2) is 8.40. The monoisotopic (exact) mass is 308 g/mol.